The summed E-state index contributed by atoms with van der Waals surface area (Å²) in [5.74, 6) is 10.3. The van der Waals surface area contributed by atoms with E-state index in [2.05, 4.69) is 97.8 Å². The molecule has 9 heteroatoms. The number of unbranched alkanes of at least 4 members (excludes halogenated alkanes) is 12. The van der Waals surface area contributed by atoms with Gasteiger partial charge in [-0.3, -0.25) is 0 Å². The van der Waals surface area contributed by atoms with Gasteiger partial charge in [0.25, 0.3) is 0 Å². The number of aromatic nitrogens is 2. The molecule has 80 heavy (non-hydrogen) atoms. The Labute approximate surface area is 495 Å². The molecule has 0 atom stereocenters. The third-order valence-corrected chi connectivity index (χ3v) is 29.4. The first-order chi connectivity index (χ1) is 39.5. The second-order valence-corrected chi connectivity index (χ2v) is 32.7. The highest BCUT2D eigenvalue weighted by Gasteiger charge is 2.52. The summed E-state index contributed by atoms with van der Waals surface area (Å²) in [6.07, 6.45) is 42.0. The summed E-state index contributed by atoms with van der Waals surface area (Å²) in [5.41, 5.74) is 19.0. The minimum Gasteiger partial charge on any atom is -0.173 e. The molecular weight excluding hydrogens is 1070 g/mol. The van der Waals surface area contributed by atoms with E-state index in [1.54, 1.807) is 0 Å². The Bertz CT molecular complexity index is 3530. The number of thiophene rings is 2. The van der Waals surface area contributed by atoms with Crippen LogP contribution in [0.4, 0.5) is 11.4 Å². The molecule has 8 aromatic rings. The maximum Gasteiger partial charge on any atom is 0.147 e. The Morgan fingerprint density at radius 3 is 1.50 bits per heavy atom. The maximum absolute atomic E-state index is 4.92. The Hall–Kier alpha value is -4.48. The molecule has 3 saturated carbocycles. The summed E-state index contributed by atoms with van der Waals surface area (Å²) in [6.45, 7) is 6.35. The number of aryl methyl sites for hydroxylation is 4. The highest BCUT2D eigenvalue weighted by Crippen LogP contribution is 2.57. The number of fused-ring (bicyclic) bond motifs is 2. The standard InChI is InChI=1S/C71H84N4S4Si/c1-4-5-6-7-8-9-12-15-21-30-55-43-49(2)76-70(55)57-44-51-38-40-53-46-58(47-54-41-39-52(45-57)63(51)64(53)54)71-56(48-62(77-71)65-68-66(72-78-74-68)50(3)67-69(65)75-79-73-67)31-22-16-13-10-11-14-17-29-42-80(59-32-23-18-24-33-59,60-34-25-19-26-35-60)61-36-27-20-28-37-61/h38-41,43-48,59-61H,6-28,30-37H2,1-3H3. The zero-order chi connectivity index (χ0) is 54.3. The largest absolute Gasteiger partial charge is 0.173 e. The summed E-state index contributed by atoms with van der Waals surface area (Å²) < 4.78 is 19.4. The SMILES string of the molecule is CC#CCCCCCCCCc1cc(C)sc1-c1cc2ccc3cc(-c4sc(-c5c6c(c(C)c7nsnc57)N=S=N6)cc4CCCCCCCCC#C[Si](C4CCCCC4)(C4CCCCC4)C4CCCCC4)cc4ccc(c1)c2c34. The normalized spacial score (nSPS) is 16.4. The topological polar surface area (TPSA) is 50.5 Å². The van der Waals surface area contributed by atoms with Gasteiger partial charge in [0.15, 0.2) is 0 Å². The lowest BCUT2D eigenvalue weighted by molar-refractivity contribution is 0.421. The second-order valence-electron chi connectivity index (χ2n) is 24.7. The number of rotatable bonds is 22. The maximum atomic E-state index is 4.92. The van der Waals surface area contributed by atoms with Crippen molar-refractivity contribution in [1.82, 2.24) is 8.75 Å². The highest BCUT2D eigenvalue weighted by molar-refractivity contribution is 7.58. The van der Waals surface area contributed by atoms with Gasteiger partial charge in [0.05, 0.1) is 23.1 Å². The summed E-state index contributed by atoms with van der Waals surface area (Å²) in [7, 11) is -1.71. The van der Waals surface area contributed by atoms with Crippen molar-refractivity contribution < 1.29 is 0 Å². The molecule has 1 aliphatic heterocycles. The monoisotopic (exact) mass is 1150 g/mol. The van der Waals surface area contributed by atoms with Crippen LogP contribution >= 0.6 is 34.4 Å². The Morgan fingerprint density at radius 1 is 0.500 bits per heavy atom. The van der Waals surface area contributed by atoms with E-state index in [0.29, 0.717) is 0 Å². The molecule has 0 saturated heterocycles. The van der Waals surface area contributed by atoms with Crippen LogP contribution in [0.25, 0.3) is 74.7 Å². The molecule has 0 unspecified atom stereocenters. The fraction of sp³-hybridized carbons (Fsp3) is 0.521. The van der Waals surface area contributed by atoms with E-state index in [-0.39, 0.29) is 0 Å². The van der Waals surface area contributed by atoms with Crippen LogP contribution in [-0.4, -0.2) is 16.8 Å². The first kappa shape index (κ1) is 56.0. The molecule has 0 N–H and O–H groups in total. The lowest BCUT2D eigenvalue weighted by Gasteiger charge is -2.50. The molecule has 12 rings (SSSR count). The zero-order valence-corrected chi connectivity index (χ0v) is 52.6. The second kappa shape index (κ2) is 26.4. The van der Waals surface area contributed by atoms with Crippen LogP contribution in [0.5, 0.6) is 0 Å². The smallest absolute Gasteiger partial charge is 0.147 e. The lowest BCUT2D eigenvalue weighted by Crippen LogP contribution is -2.50. The fourth-order valence-electron chi connectivity index (χ4n) is 15.6. The van der Waals surface area contributed by atoms with Gasteiger partial charge in [-0.15, -0.1) is 46.0 Å². The fourth-order valence-corrected chi connectivity index (χ4v) is 26.2. The van der Waals surface area contributed by atoms with Gasteiger partial charge in [-0.1, -0.05) is 172 Å². The van der Waals surface area contributed by atoms with Crippen molar-refractivity contribution in [3.63, 3.8) is 0 Å². The summed E-state index contributed by atoms with van der Waals surface area (Å²) in [6, 6.07) is 24.4. The molecule has 416 valence electrons. The number of benzene rings is 5. The third kappa shape index (κ3) is 11.9. The molecule has 0 spiro atoms. The van der Waals surface area contributed by atoms with E-state index in [1.807, 2.05) is 29.6 Å². The van der Waals surface area contributed by atoms with Crippen LogP contribution < -0.4 is 0 Å². The van der Waals surface area contributed by atoms with Gasteiger partial charge >= 0.3 is 0 Å². The highest BCUT2D eigenvalue weighted by atomic mass is 32.1. The summed E-state index contributed by atoms with van der Waals surface area (Å²) in [4.78, 5) is 5.46. The van der Waals surface area contributed by atoms with E-state index < -0.39 is 8.07 Å². The molecule has 5 aromatic carbocycles. The zero-order valence-electron chi connectivity index (χ0n) is 48.3. The molecule has 3 fully saturated rings. The Balaban J connectivity index is 0.758. The predicted octanol–water partition coefficient (Wildman–Crippen LogP) is 23.6. The van der Waals surface area contributed by atoms with Gasteiger partial charge < -0.3 is 0 Å². The molecule has 0 radical (unpaired) electrons. The van der Waals surface area contributed by atoms with Crippen molar-refractivity contribution in [2.45, 2.75) is 236 Å². The van der Waals surface area contributed by atoms with Gasteiger partial charge in [0.2, 0.25) is 0 Å². The van der Waals surface area contributed by atoms with Gasteiger partial charge in [-0.05, 0) is 167 Å². The van der Waals surface area contributed by atoms with E-state index in [1.165, 1.54) is 271 Å². The average Bonchev–Trinajstić information content (AvgIpc) is 4.42. The van der Waals surface area contributed by atoms with Crippen molar-refractivity contribution in [2.24, 2.45) is 8.73 Å². The molecule has 3 aromatic heterocycles. The van der Waals surface area contributed by atoms with Crippen LogP contribution in [0.2, 0.25) is 16.6 Å². The van der Waals surface area contributed by atoms with Crippen LogP contribution in [-0.2, 0) is 24.2 Å². The Kier molecular flexibility index (Phi) is 18.5. The van der Waals surface area contributed by atoms with Gasteiger partial charge in [-0.2, -0.15) is 17.5 Å². The molecule has 0 amide bonds. The number of hydrogen-bond donors (Lipinski definition) is 0. The van der Waals surface area contributed by atoms with Crippen molar-refractivity contribution >= 4 is 109 Å². The van der Waals surface area contributed by atoms with Crippen LogP contribution in [0, 0.1) is 37.2 Å². The van der Waals surface area contributed by atoms with E-state index in [0.717, 1.165) is 75.8 Å². The third-order valence-electron chi connectivity index (χ3n) is 19.5. The van der Waals surface area contributed by atoms with Gasteiger partial charge in [0.1, 0.15) is 30.5 Å². The molecule has 4 heterocycles. The van der Waals surface area contributed by atoms with Crippen molar-refractivity contribution in [1.29, 1.82) is 0 Å². The molecule has 0 bridgehead atoms. The first-order valence-corrected chi connectivity index (χ1v) is 37.0. The average molecular weight is 1150 g/mol. The number of nitrogens with zero attached hydrogens (tertiary/aromatic N) is 4. The first-order valence-electron chi connectivity index (χ1n) is 31.7. The number of hydrogen-bond acceptors (Lipinski definition) is 7. The van der Waals surface area contributed by atoms with E-state index in [4.69, 9.17) is 17.5 Å². The van der Waals surface area contributed by atoms with Crippen molar-refractivity contribution in [3.8, 4) is 54.6 Å². The summed E-state index contributed by atoms with van der Waals surface area (Å²) in [5, 5.41) is 8.08. The van der Waals surface area contributed by atoms with Gasteiger partial charge in [0, 0.05) is 43.5 Å². The van der Waals surface area contributed by atoms with Gasteiger partial charge in [-0.25, -0.2) is 0 Å². The molecule has 3 aliphatic carbocycles. The van der Waals surface area contributed by atoms with E-state index >= 15 is 0 Å². The van der Waals surface area contributed by atoms with Crippen LogP contribution in [0.1, 0.15) is 215 Å². The van der Waals surface area contributed by atoms with E-state index in [9.17, 15) is 0 Å². The van der Waals surface area contributed by atoms with Crippen molar-refractivity contribution in [3.05, 3.63) is 82.2 Å². The molecule has 4 nitrogen and oxygen atoms in total. The summed E-state index contributed by atoms with van der Waals surface area (Å²) >= 11 is 6.48. The van der Waals surface area contributed by atoms with Crippen molar-refractivity contribution in [2.75, 3.05) is 0 Å². The molecule has 4 aliphatic rings. The van der Waals surface area contributed by atoms with Crippen LogP contribution in [0.15, 0.2) is 69.4 Å². The minimum absolute atomic E-state index is 0.957. The quantitative estimate of drug-likeness (QED) is 0.0294. The Morgan fingerprint density at radius 2 is 0.963 bits per heavy atom. The molecular formula is C71H84N4S4Si. The van der Waals surface area contributed by atoms with Crippen LogP contribution in [0.3, 0.4) is 0 Å². The lowest BCUT2D eigenvalue weighted by atomic mass is 9.90. The minimum atomic E-state index is -1.71. The predicted molar refractivity (Wildman–Crippen MR) is 354 cm³/mol.